The van der Waals surface area contributed by atoms with Crippen molar-refractivity contribution in [3.8, 4) is 0 Å². The molecular weight excluding hydrogens is 376 g/mol. The molecule has 4 rings (SSSR count). The van der Waals surface area contributed by atoms with E-state index in [2.05, 4.69) is 65.5 Å². The predicted molar refractivity (Wildman–Crippen MR) is 97.7 cm³/mol. The van der Waals surface area contributed by atoms with E-state index in [1.807, 2.05) is 11.8 Å². The Morgan fingerprint density at radius 3 is 2.70 bits per heavy atom. The minimum absolute atomic E-state index is 0.680. The van der Waals surface area contributed by atoms with Gasteiger partial charge in [-0.2, -0.15) is 16.9 Å². The number of rotatable bonds is 3. The fraction of sp³-hybridized carbons (Fsp3) is 0.267. The molecule has 1 aliphatic rings. The number of benzene rings is 1. The molecule has 0 aliphatic carbocycles. The first-order valence-corrected chi connectivity index (χ1v) is 9.30. The third-order valence-corrected chi connectivity index (χ3v) is 5.06. The molecule has 1 saturated heterocycles. The molecule has 2 aromatic heterocycles. The number of halogens is 1. The van der Waals surface area contributed by atoms with Gasteiger partial charge in [-0.25, -0.2) is 14.5 Å². The molecule has 8 heteroatoms. The summed E-state index contributed by atoms with van der Waals surface area (Å²) in [5.41, 5.74) is 2.95. The number of nitrogens with zero attached hydrogens (tertiary/aromatic N) is 5. The maximum absolute atomic E-state index is 4.45. The summed E-state index contributed by atoms with van der Waals surface area (Å²) in [7, 11) is 0. The van der Waals surface area contributed by atoms with Crippen molar-refractivity contribution in [2.75, 3.05) is 34.8 Å². The molecule has 3 aromatic rings. The van der Waals surface area contributed by atoms with Crippen LogP contribution < -0.4 is 10.2 Å². The van der Waals surface area contributed by atoms with Crippen LogP contribution in [0, 0.1) is 0 Å². The van der Waals surface area contributed by atoms with E-state index in [4.69, 9.17) is 0 Å². The maximum atomic E-state index is 4.45. The van der Waals surface area contributed by atoms with Crippen LogP contribution in [-0.4, -0.2) is 44.2 Å². The van der Waals surface area contributed by atoms with E-state index in [1.165, 1.54) is 23.5 Å². The summed E-state index contributed by atoms with van der Waals surface area (Å²) in [6, 6.07) is 8.45. The molecule has 0 spiro atoms. The fourth-order valence-corrected chi connectivity index (χ4v) is 3.87. The van der Waals surface area contributed by atoms with Gasteiger partial charge in [-0.15, -0.1) is 0 Å². The zero-order chi connectivity index (χ0) is 15.6. The molecule has 6 nitrogen and oxygen atoms in total. The Balaban J connectivity index is 1.57. The number of hydrogen-bond acceptors (Lipinski definition) is 6. The quantitative estimate of drug-likeness (QED) is 0.740. The summed E-state index contributed by atoms with van der Waals surface area (Å²) in [6.07, 6.45) is 3.30. The number of nitrogens with one attached hydrogen (secondary N) is 1. The largest absolute Gasteiger partial charge is 0.370 e. The van der Waals surface area contributed by atoms with E-state index in [1.54, 1.807) is 10.7 Å². The highest BCUT2D eigenvalue weighted by atomic mass is 79.9. The number of fused-ring (bicyclic) bond motifs is 1. The van der Waals surface area contributed by atoms with Crippen molar-refractivity contribution in [3.63, 3.8) is 0 Å². The molecule has 0 saturated carbocycles. The summed E-state index contributed by atoms with van der Waals surface area (Å²) in [5, 5.41) is 7.46. The van der Waals surface area contributed by atoms with Gasteiger partial charge in [0.05, 0.1) is 6.20 Å². The maximum Gasteiger partial charge on any atom is 0.198 e. The highest BCUT2D eigenvalue weighted by Crippen LogP contribution is 2.24. The Bertz CT molecular complexity index is 812. The van der Waals surface area contributed by atoms with Gasteiger partial charge < -0.3 is 10.2 Å². The molecule has 1 aromatic carbocycles. The van der Waals surface area contributed by atoms with Crippen molar-refractivity contribution in [3.05, 3.63) is 41.4 Å². The van der Waals surface area contributed by atoms with Crippen LogP contribution in [0.1, 0.15) is 0 Å². The van der Waals surface area contributed by atoms with Crippen molar-refractivity contribution < 1.29 is 0 Å². The van der Waals surface area contributed by atoms with Crippen molar-refractivity contribution in [2.45, 2.75) is 0 Å². The summed E-state index contributed by atoms with van der Waals surface area (Å²) < 4.78 is 2.40. The van der Waals surface area contributed by atoms with E-state index < -0.39 is 0 Å². The second-order valence-corrected chi connectivity index (χ2v) is 7.25. The van der Waals surface area contributed by atoms with E-state index >= 15 is 0 Å². The number of hydrogen-bond donors (Lipinski definition) is 1. The lowest BCUT2D eigenvalue weighted by Crippen LogP contribution is -2.32. The second kappa shape index (κ2) is 6.37. The number of anilines is 3. The minimum Gasteiger partial charge on any atom is -0.370 e. The molecule has 0 unspecified atom stereocenters. The lowest BCUT2D eigenvalue weighted by molar-refractivity contribution is 0.859. The lowest BCUT2D eigenvalue weighted by atomic mass is 10.2. The van der Waals surface area contributed by atoms with Gasteiger partial charge >= 0.3 is 0 Å². The van der Waals surface area contributed by atoms with E-state index in [9.17, 15) is 0 Å². The Morgan fingerprint density at radius 2 is 1.91 bits per heavy atom. The Labute approximate surface area is 146 Å². The van der Waals surface area contributed by atoms with Crippen LogP contribution in [0.4, 0.5) is 17.2 Å². The normalized spacial score (nSPS) is 15.1. The first-order valence-electron chi connectivity index (χ1n) is 7.35. The van der Waals surface area contributed by atoms with Crippen LogP contribution in [0.2, 0.25) is 0 Å². The van der Waals surface area contributed by atoms with Gasteiger partial charge in [-0.3, -0.25) is 0 Å². The Kier molecular flexibility index (Phi) is 4.09. The zero-order valence-corrected chi connectivity index (χ0v) is 14.7. The van der Waals surface area contributed by atoms with Gasteiger partial charge in [-0.1, -0.05) is 0 Å². The minimum atomic E-state index is 0.680. The molecule has 1 aliphatic heterocycles. The van der Waals surface area contributed by atoms with Crippen LogP contribution in [0.3, 0.4) is 0 Å². The molecule has 0 radical (unpaired) electrons. The molecule has 0 amide bonds. The monoisotopic (exact) mass is 390 g/mol. The van der Waals surface area contributed by atoms with Crippen molar-refractivity contribution in [1.82, 2.24) is 19.6 Å². The lowest BCUT2D eigenvalue weighted by Gasteiger charge is -2.28. The van der Waals surface area contributed by atoms with Crippen LogP contribution >= 0.6 is 27.7 Å². The molecule has 1 fully saturated rings. The highest BCUT2D eigenvalue weighted by Gasteiger charge is 2.11. The van der Waals surface area contributed by atoms with E-state index in [-0.39, 0.29) is 0 Å². The number of aromatic nitrogens is 4. The third-order valence-electron chi connectivity index (χ3n) is 3.74. The van der Waals surface area contributed by atoms with Crippen molar-refractivity contribution in [2.24, 2.45) is 0 Å². The molecular formula is C15H15BrN6S. The Morgan fingerprint density at radius 1 is 1.13 bits per heavy atom. The van der Waals surface area contributed by atoms with Crippen molar-refractivity contribution >= 4 is 50.5 Å². The van der Waals surface area contributed by atoms with Gasteiger partial charge in [-0.05, 0) is 40.2 Å². The van der Waals surface area contributed by atoms with Crippen LogP contribution in [0.25, 0.3) is 5.65 Å². The Hall–Kier alpha value is -1.80. The smallest absolute Gasteiger partial charge is 0.198 e. The van der Waals surface area contributed by atoms with Gasteiger partial charge in [0.1, 0.15) is 10.9 Å². The highest BCUT2D eigenvalue weighted by molar-refractivity contribution is 9.10. The van der Waals surface area contributed by atoms with Crippen LogP contribution in [0.15, 0.2) is 41.4 Å². The van der Waals surface area contributed by atoms with Gasteiger partial charge in [0, 0.05) is 36.0 Å². The topological polar surface area (TPSA) is 58.4 Å². The molecule has 0 atom stereocenters. The summed E-state index contributed by atoms with van der Waals surface area (Å²) in [6.45, 7) is 2.23. The summed E-state index contributed by atoms with van der Waals surface area (Å²) in [4.78, 5) is 11.1. The van der Waals surface area contributed by atoms with E-state index in [0.29, 0.717) is 16.1 Å². The van der Waals surface area contributed by atoms with Crippen LogP contribution in [-0.2, 0) is 0 Å². The van der Waals surface area contributed by atoms with Gasteiger partial charge in [0.25, 0.3) is 0 Å². The average molecular weight is 391 g/mol. The molecule has 1 N–H and O–H groups in total. The third kappa shape index (κ3) is 3.13. The first kappa shape index (κ1) is 14.8. The average Bonchev–Trinajstić information content (AvgIpc) is 3.05. The zero-order valence-electron chi connectivity index (χ0n) is 12.3. The van der Waals surface area contributed by atoms with Crippen LogP contribution in [0.5, 0.6) is 0 Å². The standard InChI is InChI=1S/C15H15BrN6S/c16-13-9-22-15(17-10-18-22)14(20-13)19-11-1-3-12(4-2-11)21-5-7-23-8-6-21/h1-4,9-10H,5-8H2,(H,19,20). The fourth-order valence-electron chi connectivity index (χ4n) is 2.60. The predicted octanol–water partition coefficient (Wildman–Crippen LogP) is 3.18. The van der Waals surface area contributed by atoms with Gasteiger partial charge in [0.2, 0.25) is 0 Å². The van der Waals surface area contributed by atoms with E-state index in [0.717, 1.165) is 18.8 Å². The molecule has 3 heterocycles. The van der Waals surface area contributed by atoms with Crippen molar-refractivity contribution in [1.29, 1.82) is 0 Å². The molecule has 118 valence electrons. The summed E-state index contributed by atoms with van der Waals surface area (Å²) >= 11 is 5.42. The van der Waals surface area contributed by atoms with Gasteiger partial charge in [0.15, 0.2) is 11.5 Å². The number of thioether (sulfide) groups is 1. The SMILES string of the molecule is Brc1cn2ncnc2c(Nc2ccc(N3CCSCC3)cc2)n1. The molecule has 23 heavy (non-hydrogen) atoms. The first-order chi connectivity index (χ1) is 11.3. The summed E-state index contributed by atoms with van der Waals surface area (Å²) in [5.74, 6) is 3.08. The molecule has 0 bridgehead atoms. The second-order valence-electron chi connectivity index (χ2n) is 5.21.